The number of guanidine groups is 1. The van der Waals surface area contributed by atoms with E-state index in [-0.39, 0.29) is 24.0 Å². The Labute approximate surface area is 191 Å². The Kier molecular flexibility index (Phi) is 10.2. The van der Waals surface area contributed by atoms with Gasteiger partial charge in [-0.2, -0.15) is 0 Å². The zero-order valence-electron chi connectivity index (χ0n) is 18.4. The lowest BCUT2D eigenvalue weighted by Crippen LogP contribution is -2.44. The molecule has 0 aliphatic heterocycles. The van der Waals surface area contributed by atoms with Crippen molar-refractivity contribution in [2.75, 3.05) is 27.2 Å². The molecule has 1 aromatic carbocycles. The molecule has 0 saturated carbocycles. The molecular formula is C22H35IN4O2. The number of hydrogen-bond acceptors (Lipinski definition) is 4. The van der Waals surface area contributed by atoms with Gasteiger partial charge in [-0.25, -0.2) is 4.99 Å². The van der Waals surface area contributed by atoms with Crippen molar-refractivity contribution in [2.45, 2.75) is 46.4 Å². The van der Waals surface area contributed by atoms with Gasteiger partial charge in [0.05, 0.1) is 13.1 Å². The average Bonchev–Trinajstić information content (AvgIpc) is 2.97. The highest BCUT2D eigenvalue weighted by molar-refractivity contribution is 14.0. The van der Waals surface area contributed by atoms with Gasteiger partial charge in [0.25, 0.3) is 0 Å². The number of aliphatic hydroxyl groups is 1. The van der Waals surface area contributed by atoms with Gasteiger partial charge in [-0.3, -0.25) is 0 Å². The molecule has 2 rings (SSSR count). The zero-order valence-corrected chi connectivity index (χ0v) is 20.7. The van der Waals surface area contributed by atoms with Crippen LogP contribution in [0.4, 0.5) is 0 Å². The van der Waals surface area contributed by atoms with Crippen LogP contribution < -0.4 is 10.6 Å². The molecule has 0 bridgehead atoms. The molecule has 0 spiro atoms. The SMILES string of the molecule is CCNC(=NCc1ccc(CN(C)C)cc1)NCC(C)(O)c1cc(C)oc1C.I. The van der Waals surface area contributed by atoms with E-state index in [1.165, 1.54) is 5.56 Å². The fourth-order valence-corrected chi connectivity index (χ4v) is 3.14. The topological polar surface area (TPSA) is 73.0 Å². The Morgan fingerprint density at radius 1 is 1.14 bits per heavy atom. The molecule has 1 heterocycles. The first kappa shape index (κ1) is 25.5. The van der Waals surface area contributed by atoms with Crippen LogP contribution in [0.3, 0.4) is 0 Å². The maximum absolute atomic E-state index is 10.9. The summed E-state index contributed by atoms with van der Waals surface area (Å²) in [7, 11) is 4.13. The Balaban J connectivity index is 0.00000420. The van der Waals surface area contributed by atoms with Gasteiger partial charge in [-0.05, 0) is 59.0 Å². The number of aryl methyl sites for hydroxylation is 2. The number of nitrogens with one attached hydrogen (secondary N) is 2. The van der Waals surface area contributed by atoms with Crippen LogP contribution in [0.25, 0.3) is 0 Å². The number of nitrogens with zero attached hydrogens (tertiary/aromatic N) is 2. The highest BCUT2D eigenvalue weighted by Gasteiger charge is 2.27. The van der Waals surface area contributed by atoms with Crippen LogP contribution in [0.15, 0.2) is 39.7 Å². The van der Waals surface area contributed by atoms with Crippen molar-refractivity contribution in [3.63, 3.8) is 0 Å². The van der Waals surface area contributed by atoms with E-state index in [0.717, 1.165) is 35.7 Å². The predicted molar refractivity (Wildman–Crippen MR) is 130 cm³/mol. The molecule has 0 aliphatic rings. The minimum atomic E-state index is -1.05. The second kappa shape index (κ2) is 11.6. The van der Waals surface area contributed by atoms with E-state index < -0.39 is 5.60 Å². The van der Waals surface area contributed by atoms with Crippen molar-refractivity contribution in [1.82, 2.24) is 15.5 Å². The standard InChI is InChI=1S/C22H34N4O2.HI/c1-7-23-21(24-13-18-8-10-19(11-9-18)14-26(5)6)25-15-22(4,27)20-12-16(2)28-17(20)3;/h8-12,27H,7,13-15H2,1-6H3,(H2,23,24,25);1H. The lowest BCUT2D eigenvalue weighted by molar-refractivity contribution is 0.0601. The van der Waals surface area contributed by atoms with Crippen LogP contribution in [-0.2, 0) is 18.7 Å². The van der Waals surface area contributed by atoms with E-state index in [1.807, 2.05) is 26.8 Å². The van der Waals surface area contributed by atoms with Crippen LogP contribution in [-0.4, -0.2) is 43.2 Å². The molecule has 3 N–H and O–H groups in total. The maximum Gasteiger partial charge on any atom is 0.191 e. The van der Waals surface area contributed by atoms with E-state index in [4.69, 9.17) is 4.42 Å². The van der Waals surface area contributed by atoms with Crippen LogP contribution >= 0.6 is 24.0 Å². The first-order valence-electron chi connectivity index (χ1n) is 9.76. The van der Waals surface area contributed by atoms with Crippen molar-refractivity contribution in [3.05, 3.63) is 58.5 Å². The lowest BCUT2D eigenvalue weighted by atomic mass is 9.96. The highest BCUT2D eigenvalue weighted by atomic mass is 127. The van der Waals surface area contributed by atoms with Crippen molar-refractivity contribution in [3.8, 4) is 0 Å². The first-order chi connectivity index (χ1) is 13.2. The minimum absolute atomic E-state index is 0. The summed E-state index contributed by atoms with van der Waals surface area (Å²) in [5.41, 5.74) is 2.17. The van der Waals surface area contributed by atoms with Gasteiger partial charge < -0.3 is 25.1 Å². The number of furan rings is 1. The van der Waals surface area contributed by atoms with Crippen molar-refractivity contribution >= 4 is 29.9 Å². The second-order valence-electron chi connectivity index (χ2n) is 7.70. The van der Waals surface area contributed by atoms with Crippen LogP contribution in [0.5, 0.6) is 0 Å². The molecule has 1 atom stereocenters. The van der Waals surface area contributed by atoms with Crippen LogP contribution in [0.2, 0.25) is 0 Å². The van der Waals surface area contributed by atoms with Crippen molar-refractivity contribution in [1.29, 1.82) is 0 Å². The summed E-state index contributed by atoms with van der Waals surface area (Å²) in [5.74, 6) is 2.22. The molecule has 1 unspecified atom stereocenters. The smallest absolute Gasteiger partial charge is 0.191 e. The molecule has 6 nitrogen and oxygen atoms in total. The Morgan fingerprint density at radius 3 is 2.28 bits per heavy atom. The molecule has 0 aliphatic carbocycles. The number of aliphatic imine (C=N–C) groups is 1. The van der Waals surface area contributed by atoms with Gasteiger partial charge in [0.1, 0.15) is 17.1 Å². The maximum atomic E-state index is 10.9. The van der Waals surface area contributed by atoms with E-state index in [1.54, 1.807) is 6.92 Å². The van der Waals surface area contributed by atoms with Crippen molar-refractivity contribution in [2.24, 2.45) is 4.99 Å². The number of halogens is 1. The fraction of sp³-hybridized carbons (Fsp3) is 0.500. The van der Waals surface area contributed by atoms with E-state index in [2.05, 4.69) is 58.9 Å². The van der Waals surface area contributed by atoms with Gasteiger partial charge >= 0.3 is 0 Å². The molecule has 29 heavy (non-hydrogen) atoms. The third-order valence-corrected chi connectivity index (χ3v) is 4.51. The van der Waals surface area contributed by atoms with Crippen LogP contribution in [0.1, 0.15) is 42.1 Å². The highest BCUT2D eigenvalue weighted by Crippen LogP contribution is 2.26. The quantitative estimate of drug-likeness (QED) is 0.286. The largest absolute Gasteiger partial charge is 0.466 e. The molecule has 0 amide bonds. The summed E-state index contributed by atoms with van der Waals surface area (Å²) in [5, 5.41) is 17.4. The van der Waals surface area contributed by atoms with E-state index in [9.17, 15) is 5.11 Å². The number of benzene rings is 1. The molecule has 7 heteroatoms. The summed E-state index contributed by atoms with van der Waals surface area (Å²) >= 11 is 0. The predicted octanol–water partition coefficient (Wildman–Crippen LogP) is 3.54. The average molecular weight is 514 g/mol. The summed E-state index contributed by atoms with van der Waals surface area (Å²) in [4.78, 5) is 6.80. The fourth-order valence-electron chi connectivity index (χ4n) is 3.14. The van der Waals surface area contributed by atoms with Gasteiger partial charge in [0, 0.05) is 18.7 Å². The van der Waals surface area contributed by atoms with Gasteiger partial charge in [-0.15, -0.1) is 24.0 Å². The Bertz CT molecular complexity index is 783. The number of hydrogen-bond donors (Lipinski definition) is 3. The molecule has 162 valence electrons. The molecule has 0 fully saturated rings. The normalized spacial score (nSPS) is 13.7. The zero-order chi connectivity index (χ0) is 20.7. The first-order valence-corrected chi connectivity index (χ1v) is 9.76. The Hall–Kier alpha value is -1.58. The molecule has 0 radical (unpaired) electrons. The lowest BCUT2D eigenvalue weighted by Gasteiger charge is -2.24. The number of rotatable bonds is 8. The molecule has 1 aromatic heterocycles. The summed E-state index contributed by atoms with van der Waals surface area (Å²) in [6.45, 7) is 10.1. The molecule has 0 saturated heterocycles. The van der Waals surface area contributed by atoms with Gasteiger partial charge in [0.2, 0.25) is 0 Å². The van der Waals surface area contributed by atoms with Gasteiger partial charge in [0.15, 0.2) is 5.96 Å². The van der Waals surface area contributed by atoms with Crippen molar-refractivity contribution < 1.29 is 9.52 Å². The minimum Gasteiger partial charge on any atom is -0.466 e. The van der Waals surface area contributed by atoms with Gasteiger partial charge in [-0.1, -0.05) is 24.3 Å². The third kappa shape index (κ3) is 7.98. The second-order valence-corrected chi connectivity index (χ2v) is 7.70. The molecular weight excluding hydrogens is 479 g/mol. The summed E-state index contributed by atoms with van der Waals surface area (Å²) < 4.78 is 5.56. The monoisotopic (exact) mass is 514 g/mol. The Morgan fingerprint density at radius 2 is 1.76 bits per heavy atom. The van der Waals surface area contributed by atoms with E-state index >= 15 is 0 Å². The third-order valence-electron chi connectivity index (χ3n) is 4.51. The molecule has 2 aromatic rings. The van der Waals surface area contributed by atoms with Crippen LogP contribution in [0, 0.1) is 13.8 Å². The van der Waals surface area contributed by atoms with E-state index in [0.29, 0.717) is 19.0 Å². The summed E-state index contributed by atoms with van der Waals surface area (Å²) in [6, 6.07) is 10.4. The summed E-state index contributed by atoms with van der Waals surface area (Å²) in [6.07, 6.45) is 0.